The Morgan fingerprint density at radius 2 is 1.38 bits per heavy atom. The highest BCUT2D eigenvalue weighted by atomic mass is 32.2. The minimum atomic E-state index is -3.68. The smallest absolute Gasteiger partial charge is 0.261 e. The second-order valence-corrected chi connectivity index (χ2v) is 7.50. The first kappa shape index (κ1) is 17.7. The van der Waals surface area contributed by atoms with E-state index in [1.807, 2.05) is 25.1 Å². The fraction of sp³-hybridized carbons (Fsp3) is 0.0500. The van der Waals surface area contributed by atoms with Crippen LogP contribution in [0.5, 0.6) is 0 Å². The number of anilines is 2. The van der Waals surface area contributed by atoms with E-state index in [1.165, 1.54) is 12.1 Å². The van der Waals surface area contributed by atoms with Crippen LogP contribution < -0.4 is 10.0 Å². The van der Waals surface area contributed by atoms with Crippen LogP contribution >= 0.6 is 0 Å². The summed E-state index contributed by atoms with van der Waals surface area (Å²) in [6.45, 7) is 1.95. The van der Waals surface area contributed by atoms with Crippen molar-refractivity contribution in [1.82, 2.24) is 0 Å². The summed E-state index contributed by atoms with van der Waals surface area (Å²) in [6, 6.07) is 21.9. The fourth-order valence-electron chi connectivity index (χ4n) is 2.35. The summed E-state index contributed by atoms with van der Waals surface area (Å²) in [7, 11) is -3.68. The third-order valence-corrected chi connectivity index (χ3v) is 5.16. The Labute approximate surface area is 152 Å². The van der Waals surface area contributed by atoms with E-state index in [0.29, 0.717) is 16.9 Å². The quantitative estimate of drug-likeness (QED) is 0.715. The first-order chi connectivity index (χ1) is 12.4. The number of benzene rings is 3. The second-order valence-electron chi connectivity index (χ2n) is 5.82. The Bertz CT molecular complexity index is 997. The first-order valence-corrected chi connectivity index (χ1v) is 9.48. The molecule has 0 aromatic heterocycles. The lowest BCUT2D eigenvalue weighted by Gasteiger charge is -2.09. The predicted octanol–water partition coefficient (Wildman–Crippen LogP) is 4.05. The van der Waals surface area contributed by atoms with Crippen LogP contribution in [-0.2, 0) is 10.0 Å². The molecule has 0 aliphatic rings. The molecule has 0 aliphatic heterocycles. The van der Waals surface area contributed by atoms with Gasteiger partial charge in [0.15, 0.2) is 0 Å². The largest absolute Gasteiger partial charge is 0.322 e. The number of aryl methyl sites for hydroxylation is 1. The Kier molecular flexibility index (Phi) is 5.04. The Balaban J connectivity index is 1.71. The lowest BCUT2D eigenvalue weighted by atomic mass is 10.1. The summed E-state index contributed by atoms with van der Waals surface area (Å²) in [5.41, 5.74) is 2.62. The molecule has 3 aromatic rings. The van der Waals surface area contributed by atoms with Crippen LogP contribution in [0.15, 0.2) is 83.8 Å². The fourth-order valence-corrected chi connectivity index (χ4v) is 3.40. The highest BCUT2D eigenvalue weighted by Crippen LogP contribution is 2.18. The summed E-state index contributed by atoms with van der Waals surface area (Å²) in [6.07, 6.45) is 0. The number of amides is 1. The van der Waals surface area contributed by atoms with Gasteiger partial charge in [0, 0.05) is 16.9 Å². The zero-order chi connectivity index (χ0) is 18.6. The maximum Gasteiger partial charge on any atom is 0.261 e. The lowest BCUT2D eigenvalue weighted by molar-refractivity contribution is 0.102. The van der Waals surface area contributed by atoms with Crippen molar-refractivity contribution in [2.75, 3.05) is 10.0 Å². The zero-order valence-electron chi connectivity index (χ0n) is 14.1. The monoisotopic (exact) mass is 366 g/mol. The number of rotatable bonds is 5. The van der Waals surface area contributed by atoms with E-state index in [4.69, 9.17) is 0 Å². The molecule has 0 saturated carbocycles. The molecule has 132 valence electrons. The van der Waals surface area contributed by atoms with Crippen molar-refractivity contribution in [3.8, 4) is 0 Å². The van der Waals surface area contributed by atoms with Crippen LogP contribution in [-0.4, -0.2) is 14.3 Å². The number of nitrogens with one attached hydrogen (secondary N) is 2. The van der Waals surface area contributed by atoms with Crippen LogP contribution in [0.1, 0.15) is 15.9 Å². The van der Waals surface area contributed by atoms with E-state index in [2.05, 4.69) is 10.0 Å². The molecule has 0 fully saturated rings. The summed E-state index contributed by atoms with van der Waals surface area (Å²) >= 11 is 0. The van der Waals surface area contributed by atoms with E-state index in [1.54, 1.807) is 48.5 Å². The van der Waals surface area contributed by atoms with Gasteiger partial charge in [-0.3, -0.25) is 9.52 Å². The van der Waals surface area contributed by atoms with Crippen molar-refractivity contribution in [2.45, 2.75) is 11.8 Å². The highest BCUT2D eigenvalue weighted by molar-refractivity contribution is 7.92. The molecule has 2 N–H and O–H groups in total. The molecule has 0 atom stereocenters. The molecule has 0 unspecified atom stereocenters. The van der Waals surface area contributed by atoms with Gasteiger partial charge in [-0.2, -0.15) is 0 Å². The maximum atomic E-state index is 12.4. The highest BCUT2D eigenvalue weighted by Gasteiger charge is 2.14. The second kappa shape index (κ2) is 7.41. The Morgan fingerprint density at radius 1 is 0.769 bits per heavy atom. The van der Waals surface area contributed by atoms with E-state index in [0.717, 1.165) is 5.56 Å². The third-order valence-electron chi connectivity index (χ3n) is 3.76. The predicted molar refractivity (Wildman–Crippen MR) is 103 cm³/mol. The topological polar surface area (TPSA) is 75.3 Å². The van der Waals surface area contributed by atoms with E-state index in [-0.39, 0.29) is 10.8 Å². The number of sulfonamides is 1. The minimum Gasteiger partial charge on any atom is -0.322 e. The molecular formula is C20H18N2O3S. The maximum absolute atomic E-state index is 12.4. The van der Waals surface area contributed by atoms with Crippen LogP contribution in [0.4, 0.5) is 11.4 Å². The van der Waals surface area contributed by atoms with Gasteiger partial charge in [0.2, 0.25) is 0 Å². The van der Waals surface area contributed by atoms with Crippen molar-refractivity contribution in [2.24, 2.45) is 0 Å². The minimum absolute atomic E-state index is 0.120. The van der Waals surface area contributed by atoms with Gasteiger partial charge in [0.25, 0.3) is 15.9 Å². The van der Waals surface area contributed by atoms with Crippen LogP contribution in [0.25, 0.3) is 0 Å². The van der Waals surface area contributed by atoms with Crippen LogP contribution in [0.3, 0.4) is 0 Å². The molecule has 3 rings (SSSR count). The van der Waals surface area contributed by atoms with E-state index >= 15 is 0 Å². The Hall–Kier alpha value is -3.12. The normalized spacial score (nSPS) is 11.0. The number of para-hydroxylation sites is 1. The number of carbonyl (C=O) groups is 1. The van der Waals surface area contributed by atoms with Gasteiger partial charge in [-0.05, 0) is 55.5 Å². The van der Waals surface area contributed by atoms with Crippen LogP contribution in [0, 0.1) is 6.92 Å². The number of carbonyl (C=O) groups excluding carboxylic acids is 1. The number of hydrogen-bond acceptors (Lipinski definition) is 3. The van der Waals surface area contributed by atoms with Crippen molar-refractivity contribution < 1.29 is 13.2 Å². The molecule has 0 spiro atoms. The van der Waals surface area contributed by atoms with E-state index < -0.39 is 10.0 Å². The molecule has 5 nitrogen and oxygen atoms in total. The van der Waals surface area contributed by atoms with E-state index in [9.17, 15) is 13.2 Å². The molecule has 0 heterocycles. The van der Waals surface area contributed by atoms with Gasteiger partial charge < -0.3 is 5.32 Å². The molecule has 0 aliphatic carbocycles. The molecule has 0 saturated heterocycles. The van der Waals surface area contributed by atoms with Gasteiger partial charge in [-0.15, -0.1) is 0 Å². The summed E-state index contributed by atoms with van der Waals surface area (Å²) in [5.74, 6) is -0.247. The summed E-state index contributed by atoms with van der Waals surface area (Å²) in [4.78, 5) is 12.3. The summed E-state index contributed by atoms with van der Waals surface area (Å²) in [5, 5.41) is 2.75. The standard InChI is InChI=1S/C20H18N2O3S/c1-15-7-9-16(10-8-15)20(23)21-17-11-13-19(14-12-17)26(24,25)22-18-5-3-2-4-6-18/h2-14,22H,1H3,(H,21,23). The lowest BCUT2D eigenvalue weighted by Crippen LogP contribution is -2.14. The SMILES string of the molecule is Cc1ccc(C(=O)Nc2ccc(S(=O)(=O)Nc3ccccc3)cc2)cc1. The molecule has 0 radical (unpaired) electrons. The molecular weight excluding hydrogens is 348 g/mol. The molecule has 1 amide bonds. The number of hydrogen-bond donors (Lipinski definition) is 2. The van der Waals surface area contributed by atoms with Gasteiger partial charge in [0.1, 0.15) is 0 Å². The zero-order valence-corrected chi connectivity index (χ0v) is 15.0. The molecule has 0 bridgehead atoms. The average molecular weight is 366 g/mol. The van der Waals surface area contributed by atoms with Gasteiger partial charge >= 0.3 is 0 Å². The van der Waals surface area contributed by atoms with Crippen LogP contribution in [0.2, 0.25) is 0 Å². The van der Waals surface area contributed by atoms with Gasteiger partial charge in [-0.1, -0.05) is 35.9 Å². The summed E-state index contributed by atoms with van der Waals surface area (Å²) < 4.78 is 27.3. The van der Waals surface area contributed by atoms with Crippen molar-refractivity contribution >= 4 is 27.3 Å². The van der Waals surface area contributed by atoms with Gasteiger partial charge in [0.05, 0.1) is 4.90 Å². The van der Waals surface area contributed by atoms with Crippen molar-refractivity contribution in [1.29, 1.82) is 0 Å². The van der Waals surface area contributed by atoms with Gasteiger partial charge in [-0.25, -0.2) is 8.42 Å². The third kappa shape index (κ3) is 4.29. The molecule has 6 heteroatoms. The Morgan fingerprint density at radius 3 is 2.00 bits per heavy atom. The molecule has 3 aromatic carbocycles. The van der Waals surface area contributed by atoms with Crippen molar-refractivity contribution in [3.63, 3.8) is 0 Å². The average Bonchev–Trinajstić information content (AvgIpc) is 2.63. The van der Waals surface area contributed by atoms with Crippen molar-refractivity contribution in [3.05, 3.63) is 90.0 Å². The molecule has 26 heavy (non-hydrogen) atoms. The first-order valence-electron chi connectivity index (χ1n) is 8.00.